The summed E-state index contributed by atoms with van der Waals surface area (Å²) in [6.07, 6.45) is 8.12. The first-order valence-electron chi connectivity index (χ1n) is 6.58. The summed E-state index contributed by atoms with van der Waals surface area (Å²) in [7, 11) is 0. The molecule has 0 aliphatic heterocycles. The van der Waals surface area contributed by atoms with Gasteiger partial charge in [0.05, 0.1) is 6.61 Å². The molecule has 1 aliphatic rings. The van der Waals surface area contributed by atoms with E-state index in [1.165, 1.54) is 25.7 Å². The third kappa shape index (κ3) is 4.59. The van der Waals surface area contributed by atoms with E-state index in [1.807, 2.05) is 0 Å². The van der Waals surface area contributed by atoms with Crippen LogP contribution in [-0.2, 0) is 0 Å². The van der Waals surface area contributed by atoms with Gasteiger partial charge in [-0.05, 0) is 25.2 Å². The van der Waals surface area contributed by atoms with Gasteiger partial charge in [0.1, 0.15) is 0 Å². The van der Waals surface area contributed by atoms with E-state index in [-0.39, 0.29) is 0 Å². The van der Waals surface area contributed by atoms with Gasteiger partial charge < -0.3 is 10.1 Å². The van der Waals surface area contributed by atoms with Crippen LogP contribution >= 0.6 is 0 Å². The number of rotatable bonds is 8. The minimum Gasteiger partial charge on any atom is -0.478 e. The number of hydrogen-bond acceptors (Lipinski definition) is 4. The zero-order valence-electron chi connectivity index (χ0n) is 10.5. The molecule has 0 unspecified atom stereocenters. The van der Waals surface area contributed by atoms with Gasteiger partial charge in [-0.3, -0.25) is 0 Å². The van der Waals surface area contributed by atoms with Crippen molar-refractivity contribution in [1.29, 1.82) is 0 Å². The Morgan fingerprint density at radius 1 is 1.47 bits per heavy atom. The minimum atomic E-state index is 0.659. The standard InChI is InChI=1S/C13H21N3O/c1-2-10-17-12-7-9-15-13(16-12)14-8-3-4-11-5-6-11/h7,9,11H,2-6,8,10H2,1H3,(H,14,15,16). The van der Waals surface area contributed by atoms with Crippen LogP contribution in [0.2, 0.25) is 0 Å². The van der Waals surface area contributed by atoms with E-state index in [0.717, 1.165) is 18.9 Å². The van der Waals surface area contributed by atoms with Crippen molar-refractivity contribution in [2.45, 2.75) is 39.0 Å². The minimum absolute atomic E-state index is 0.659. The Labute approximate surface area is 103 Å². The molecule has 0 spiro atoms. The van der Waals surface area contributed by atoms with Gasteiger partial charge in [-0.15, -0.1) is 0 Å². The first-order chi connectivity index (χ1) is 8.38. The predicted octanol–water partition coefficient (Wildman–Crippen LogP) is 2.87. The van der Waals surface area contributed by atoms with Crippen LogP contribution in [-0.4, -0.2) is 23.1 Å². The van der Waals surface area contributed by atoms with Gasteiger partial charge in [0.15, 0.2) is 0 Å². The van der Waals surface area contributed by atoms with Gasteiger partial charge in [0, 0.05) is 18.8 Å². The molecule has 4 heteroatoms. The predicted molar refractivity (Wildman–Crippen MR) is 68.3 cm³/mol. The maximum absolute atomic E-state index is 5.46. The van der Waals surface area contributed by atoms with Crippen LogP contribution in [0.4, 0.5) is 5.95 Å². The molecule has 94 valence electrons. The third-order valence-electron chi connectivity index (χ3n) is 2.85. The lowest BCUT2D eigenvalue weighted by Crippen LogP contribution is -2.06. The number of anilines is 1. The highest BCUT2D eigenvalue weighted by atomic mass is 16.5. The number of ether oxygens (including phenoxy) is 1. The summed E-state index contributed by atoms with van der Waals surface area (Å²) in [5.74, 6) is 2.33. The molecule has 17 heavy (non-hydrogen) atoms. The normalized spacial score (nSPS) is 14.6. The SMILES string of the molecule is CCCOc1ccnc(NCCCC2CC2)n1. The van der Waals surface area contributed by atoms with Crippen LogP contribution in [0, 0.1) is 5.92 Å². The van der Waals surface area contributed by atoms with Crippen molar-refractivity contribution in [3.05, 3.63) is 12.3 Å². The highest BCUT2D eigenvalue weighted by Crippen LogP contribution is 2.33. The average molecular weight is 235 g/mol. The molecule has 2 rings (SSSR count). The van der Waals surface area contributed by atoms with Crippen LogP contribution < -0.4 is 10.1 Å². The lowest BCUT2D eigenvalue weighted by molar-refractivity contribution is 0.305. The van der Waals surface area contributed by atoms with Gasteiger partial charge in [-0.2, -0.15) is 4.98 Å². The van der Waals surface area contributed by atoms with Crippen LogP contribution in [0.1, 0.15) is 39.0 Å². The van der Waals surface area contributed by atoms with Crippen molar-refractivity contribution in [3.63, 3.8) is 0 Å². The summed E-state index contributed by atoms with van der Waals surface area (Å²) < 4.78 is 5.46. The largest absolute Gasteiger partial charge is 0.478 e. The summed E-state index contributed by atoms with van der Waals surface area (Å²) in [6, 6.07) is 1.80. The lowest BCUT2D eigenvalue weighted by atomic mass is 10.2. The highest BCUT2D eigenvalue weighted by molar-refractivity contribution is 5.27. The van der Waals surface area contributed by atoms with Crippen molar-refractivity contribution in [2.24, 2.45) is 5.92 Å². The number of nitrogens with zero attached hydrogens (tertiary/aromatic N) is 2. The molecule has 1 saturated carbocycles. The fraction of sp³-hybridized carbons (Fsp3) is 0.692. The van der Waals surface area contributed by atoms with E-state index in [9.17, 15) is 0 Å². The summed E-state index contributed by atoms with van der Waals surface area (Å²) in [5, 5.41) is 3.24. The highest BCUT2D eigenvalue weighted by Gasteiger charge is 2.19. The molecule has 0 saturated heterocycles. The summed E-state index contributed by atoms with van der Waals surface area (Å²) in [4.78, 5) is 8.48. The molecule has 0 amide bonds. The Morgan fingerprint density at radius 2 is 2.35 bits per heavy atom. The molecule has 1 N–H and O–H groups in total. The van der Waals surface area contributed by atoms with E-state index >= 15 is 0 Å². The molecule has 0 aromatic carbocycles. The molecule has 1 heterocycles. The molecule has 1 aromatic heterocycles. The zero-order valence-corrected chi connectivity index (χ0v) is 10.5. The molecule has 1 aliphatic carbocycles. The van der Waals surface area contributed by atoms with Crippen molar-refractivity contribution < 1.29 is 4.74 Å². The fourth-order valence-corrected chi connectivity index (χ4v) is 1.71. The van der Waals surface area contributed by atoms with Crippen LogP contribution in [0.25, 0.3) is 0 Å². The lowest BCUT2D eigenvalue weighted by Gasteiger charge is -2.06. The first-order valence-corrected chi connectivity index (χ1v) is 6.58. The van der Waals surface area contributed by atoms with E-state index < -0.39 is 0 Å². The molecule has 1 aromatic rings. The quantitative estimate of drug-likeness (QED) is 0.704. The van der Waals surface area contributed by atoms with Gasteiger partial charge in [-0.25, -0.2) is 4.98 Å². The van der Waals surface area contributed by atoms with Gasteiger partial charge in [0.25, 0.3) is 0 Å². The molecule has 0 bridgehead atoms. The second kappa shape index (κ2) is 6.42. The monoisotopic (exact) mass is 235 g/mol. The molecular weight excluding hydrogens is 214 g/mol. The van der Waals surface area contributed by atoms with E-state index in [0.29, 0.717) is 18.4 Å². The molecule has 1 fully saturated rings. The van der Waals surface area contributed by atoms with Crippen molar-refractivity contribution >= 4 is 5.95 Å². The Hall–Kier alpha value is -1.32. The number of nitrogens with one attached hydrogen (secondary N) is 1. The van der Waals surface area contributed by atoms with Crippen molar-refractivity contribution in [2.75, 3.05) is 18.5 Å². The van der Waals surface area contributed by atoms with Gasteiger partial charge in [-0.1, -0.05) is 19.8 Å². The van der Waals surface area contributed by atoms with Crippen LogP contribution in [0.3, 0.4) is 0 Å². The van der Waals surface area contributed by atoms with E-state index in [2.05, 4.69) is 22.2 Å². The number of hydrogen-bond donors (Lipinski definition) is 1. The van der Waals surface area contributed by atoms with Crippen LogP contribution in [0.5, 0.6) is 5.88 Å². The third-order valence-corrected chi connectivity index (χ3v) is 2.85. The first kappa shape index (κ1) is 12.1. The molecule has 4 nitrogen and oxygen atoms in total. The Kier molecular flexibility index (Phi) is 4.59. The maximum atomic E-state index is 5.46. The molecular formula is C13H21N3O. The Bertz CT molecular complexity index is 339. The average Bonchev–Trinajstić information content (AvgIpc) is 3.17. The summed E-state index contributed by atoms with van der Waals surface area (Å²) in [6.45, 7) is 3.74. The Balaban J connectivity index is 1.70. The zero-order chi connectivity index (χ0) is 11.9. The number of aromatic nitrogens is 2. The second-order valence-electron chi connectivity index (χ2n) is 4.58. The smallest absolute Gasteiger partial charge is 0.225 e. The molecule has 0 radical (unpaired) electrons. The van der Waals surface area contributed by atoms with Gasteiger partial charge in [0.2, 0.25) is 11.8 Å². The summed E-state index contributed by atoms with van der Waals surface area (Å²) >= 11 is 0. The van der Waals surface area contributed by atoms with Crippen molar-refractivity contribution in [3.8, 4) is 5.88 Å². The topological polar surface area (TPSA) is 47.0 Å². The van der Waals surface area contributed by atoms with Crippen molar-refractivity contribution in [1.82, 2.24) is 9.97 Å². The fourth-order valence-electron chi connectivity index (χ4n) is 1.71. The van der Waals surface area contributed by atoms with Crippen LogP contribution in [0.15, 0.2) is 12.3 Å². The second-order valence-corrected chi connectivity index (χ2v) is 4.58. The Morgan fingerprint density at radius 3 is 3.12 bits per heavy atom. The maximum Gasteiger partial charge on any atom is 0.225 e. The van der Waals surface area contributed by atoms with E-state index in [4.69, 9.17) is 4.74 Å². The van der Waals surface area contributed by atoms with Gasteiger partial charge >= 0.3 is 0 Å². The molecule has 0 atom stereocenters. The summed E-state index contributed by atoms with van der Waals surface area (Å²) in [5.41, 5.74) is 0. The van der Waals surface area contributed by atoms with E-state index in [1.54, 1.807) is 12.3 Å².